The second kappa shape index (κ2) is 6.60. The molecule has 23 heavy (non-hydrogen) atoms. The van der Waals surface area contributed by atoms with E-state index in [4.69, 9.17) is 11.6 Å². The van der Waals surface area contributed by atoms with Crippen LogP contribution in [0.3, 0.4) is 0 Å². The first-order valence-electron chi connectivity index (χ1n) is 7.00. The lowest BCUT2D eigenvalue weighted by atomic mass is 10.2. The van der Waals surface area contributed by atoms with Crippen LogP contribution in [0.1, 0.15) is 6.92 Å². The maximum absolute atomic E-state index is 12.4. The van der Waals surface area contributed by atoms with Gasteiger partial charge >= 0.3 is 0 Å². The normalized spacial score (nSPS) is 18.7. The predicted molar refractivity (Wildman–Crippen MR) is 98.4 cm³/mol. The lowest BCUT2D eigenvalue weighted by Crippen LogP contribution is -2.34. The Bertz CT molecular complexity index is 793. The van der Waals surface area contributed by atoms with Crippen LogP contribution in [0, 0.1) is 0 Å². The van der Waals surface area contributed by atoms with Gasteiger partial charge in [-0.1, -0.05) is 23.7 Å². The van der Waals surface area contributed by atoms with Gasteiger partial charge in [-0.25, -0.2) is 0 Å². The van der Waals surface area contributed by atoms with Gasteiger partial charge in [0, 0.05) is 4.47 Å². The molecule has 0 aliphatic carbocycles. The zero-order valence-electron chi connectivity index (χ0n) is 12.2. The summed E-state index contributed by atoms with van der Waals surface area (Å²) in [5, 5.41) is 10.9. The van der Waals surface area contributed by atoms with Gasteiger partial charge in [-0.15, -0.1) is 0 Å². The number of anilines is 3. The van der Waals surface area contributed by atoms with Crippen LogP contribution in [0.15, 0.2) is 52.0 Å². The molecule has 2 aromatic rings. The van der Waals surface area contributed by atoms with E-state index in [1.54, 1.807) is 6.07 Å². The minimum absolute atomic E-state index is 0.239. The van der Waals surface area contributed by atoms with Crippen molar-refractivity contribution in [3.8, 4) is 0 Å². The van der Waals surface area contributed by atoms with Gasteiger partial charge in [0.2, 0.25) is 0 Å². The SMILES string of the molecule is CC1Nc2ccccc2NC(=O)/C1=N\Nc1ccc(Br)c(Cl)c1. The second-order valence-electron chi connectivity index (χ2n) is 5.10. The monoisotopic (exact) mass is 392 g/mol. The summed E-state index contributed by atoms with van der Waals surface area (Å²) in [6, 6.07) is 12.7. The molecule has 2 aromatic carbocycles. The van der Waals surface area contributed by atoms with Crippen LogP contribution >= 0.6 is 27.5 Å². The van der Waals surface area contributed by atoms with Gasteiger partial charge in [-0.3, -0.25) is 10.2 Å². The van der Waals surface area contributed by atoms with E-state index in [1.807, 2.05) is 43.3 Å². The Morgan fingerprint density at radius 2 is 1.96 bits per heavy atom. The maximum Gasteiger partial charge on any atom is 0.274 e. The third-order valence-corrected chi connectivity index (χ3v) is 4.65. The molecule has 7 heteroatoms. The van der Waals surface area contributed by atoms with Crippen LogP contribution in [0.4, 0.5) is 17.1 Å². The van der Waals surface area contributed by atoms with Gasteiger partial charge in [0.15, 0.2) is 0 Å². The van der Waals surface area contributed by atoms with E-state index in [9.17, 15) is 4.79 Å². The molecule has 1 aliphatic rings. The summed E-state index contributed by atoms with van der Waals surface area (Å²) in [5.74, 6) is -0.245. The Hall–Kier alpha value is -2.05. The number of carbonyl (C=O) groups is 1. The molecule has 1 amide bonds. The molecule has 1 atom stereocenters. The number of rotatable bonds is 2. The van der Waals surface area contributed by atoms with E-state index in [-0.39, 0.29) is 11.9 Å². The quantitative estimate of drug-likeness (QED) is 0.666. The van der Waals surface area contributed by atoms with Gasteiger partial charge < -0.3 is 10.6 Å². The Balaban J connectivity index is 1.84. The van der Waals surface area contributed by atoms with Crippen LogP contribution in [-0.4, -0.2) is 17.7 Å². The largest absolute Gasteiger partial charge is 0.375 e. The third-order valence-electron chi connectivity index (χ3n) is 3.42. The Morgan fingerprint density at radius 3 is 2.70 bits per heavy atom. The van der Waals surface area contributed by atoms with Crippen LogP contribution in [0.5, 0.6) is 0 Å². The first kappa shape index (κ1) is 15.8. The average molecular weight is 394 g/mol. The van der Waals surface area contributed by atoms with E-state index < -0.39 is 0 Å². The number of fused-ring (bicyclic) bond motifs is 1. The van der Waals surface area contributed by atoms with Gasteiger partial charge in [-0.05, 0) is 53.2 Å². The number of para-hydroxylation sites is 2. The summed E-state index contributed by atoms with van der Waals surface area (Å²) in [7, 11) is 0. The summed E-state index contributed by atoms with van der Waals surface area (Å²) in [6.45, 7) is 1.89. The van der Waals surface area contributed by atoms with Crippen molar-refractivity contribution in [2.75, 3.05) is 16.1 Å². The molecule has 1 unspecified atom stereocenters. The molecule has 0 spiro atoms. The van der Waals surface area contributed by atoms with E-state index >= 15 is 0 Å². The van der Waals surface area contributed by atoms with E-state index in [0.29, 0.717) is 16.4 Å². The second-order valence-corrected chi connectivity index (χ2v) is 6.37. The lowest BCUT2D eigenvalue weighted by Gasteiger charge is -2.13. The molecule has 0 bridgehead atoms. The Kier molecular flexibility index (Phi) is 4.54. The fourth-order valence-corrected chi connectivity index (χ4v) is 2.67. The highest BCUT2D eigenvalue weighted by Crippen LogP contribution is 2.26. The standard InChI is InChI=1S/C16H14BrClN4O/c1-9-15(22-21-10-6-7-11(17)12(18)8-10)16(23)20-14-5-3-2-4-13(14)19-9/h2-9,19,21H,1H3,(H,20,23)/b22-15-. The first-order chi connectivity index (χ1) is 11.0. The van der Waals surface area contributed by atoms with Crippen molar-refractivity contribution in [1.29, 1.82) is 0 Å². The molecule has 1 heterocycles. The number of benzene rings is 2. The van der Waals surface area contributed by atoms with Gasteiger partial charge in [-0.2, -0.15) is 5.10 Å². The smallest absolute Gasteiger partial charge is 0.274 e. The summed E-state index contributed by atoms with van der Waals surface area (Å²) >= 11 is 9.39. The molecule has 0 radical (unpaired) electrons. The third kappa shape index (κ3) is 3.48. The number of hydrazone groups is 1. The minimum atomic E-state index is -0.245. The minimum Gasteiger partial charge on any atom is -0.375 e. The fourth-order valence-electron chi connectivity index (χ4n) is 2.24. The molecule has 0 aromatic heterocycles. The maximum atomic E-state index is 12.4. The lowest BCUT2D eigenvalue weighted by molar-refractivity contribution is -0.110. The topological polar surface area (TPSA) is 65.5 Å². The summed E-state index contributed by atoms with van der Waals surface area (Å²) in [4.78, 5) is 12.4. The molecule has 3 N–H and O–H groups in total. The Morgan fingerprint density at radius 1 is 1.22 bits per heavy atom. The van der Waals surface area contributed by atoms with Gasteiger partial charge in [0.05, 0.1) is 28.1 Å². The number of hydrogen-bond donors (Lipinski definition) is 3. The molecule has 0 saturated carbocycles. The highest BCUT2D eigenvalue weighted by molar-refractivity contribution is 9.10. The van der Waals surface area contributed by atoms with Gasteiger partial charge in [0.1, 0.15) is 5.71 Å². The molecule has 0 saturated heterocycles. The van der Waals surface area contributed by atoms with E-state index in [2.05, 4.69) is 37.1 Å². The van der Waals surface area contributed by atoms with Crippen LogP contribution in [-0.2, 0) is 4.79 Å². The number of nitrogens with zero attached hydrogens (tertiary/aromatic N) is 1. The molecule has 118 valence electrons. The first-order valence-corrected chi connectivity index (χ1v) is 8.17. The highest BCUT2D eigenvalue weighted by Gasteiger charge is 2.24. The number of nitrogens with one attached hydrogen (secondary N) is 3. The summed E-state index contributed by atoms with van der Waals surface area (Å²) in [5.41, 5.74) is 5.55. The summed E-state index contributed by atoms with van der Waals surface area (Å²) in [6.07, 6.45) is 0. The molecular weight excluding hydrogens is 380 g/mol. The number of hydrogen-bond acceptors (Lipinski definition) is 4. The average Bonchev–Trinajstić information content (AvgIpc) is 2.64. The van der Waals surface area contributed by atoms with Crippen molar-refractivity contribution in [1.82, 2.24) is 0 Å². The summed E-state index contributed by atoms with van der Waals surface area (Å²) < 4.78 is 0.801. The molecule has 1 aliphatic heterocycles. The van der Waals surface area contributed by atoms with Crippen LogP contribution in [0.2, 0.25) is 5.02 Å². The number of carbonyl (C=O) groups excluding carboxylic acids is 1. The molecule has 0 fully saturated rings. The van der Waals surface area contributed by atoms with E-state index in [1.165, 1.54) is 0 Å². The number of halogens is 2. The van der Waals surface area contributed by atoms with E-state index in [0.717, 1.165) is 15.8 Å². The van der Waals surface area contributed by atoms with Crippen LogP contribution < -0.4 is 16.1 Å². The van der Waals surface area contributed by atoms with Crippen molar-refractivity contribution in [3.63, 3.8) is 0 Å². The van der Waals surface area contributed by atoms with Crippen molar-refractivity contribution in [2.24, 2.45) is 5.10 Å². The molecule has 5 nitrogen and oxygen atoms in total. The molecule has 3 rings (SSSR count). The highest BCUT2D eigenvalue weighted by atomic mass is 79.9. The van der Waals surface area contributed by atoms with Crippen molar-refractivity contribution < 1.29 is 4.79 Å². The van der Waals surface area contributed by atoms with Crippen molar-refractivity contribution in [3.05, 3.63) is 52.0 Å². The zero-order chi connectivity index (χ0) is 16.4. The van der Waals surface area contributed by atoms with Crippen molar-refractivity contribution in [2.45, 2.75) is 13.0 Å². The van der Waals surface area contributed by atoms with Crippen LogP contribution in [0.25, 0.3) is 0 Å². The fraction of sp³-hybridized carbons (Fsp3) is 0.125. The van der Waals surface area contributed by atoms with Gasteiger partial charge in [0.25, 0.3) is 5.91 Å². The Labute approximate surface area is 147 Å². The predicted octanol–water partition coefficient (Wildman–Crippen LogP) is 4.32. The number of amides is 1. The van der Waals surface area contributed by atoms with Crippen molar-refractivity contribution >= 4 is 56.2 Å². The molecular formula is C16H14BrClN4O. The zero-order valence-corrected chi connectivity index (χ0v) is 14.6.